The lowest BCUT2D eigenvalue weighted by Gasteiger charge is -2.00. The van der Waals surface area contributed by atoms with E-state index in [9.17, 15) is 0 Å². The van der Waals surface area contributed by atoms with Crippen LogP contribution in [0.15, 0.2) is 34.9 Å². The minimum Gasteiger partial charge on any atom is -0.439 e. The first-order chi connectivity index (χ1) is 8.33. The highest BCUT2D eigenvalue weighted by Crippen LogP contribution is 2.24. The summed E-state index contributed by atoms with van der Waals surface area (Å²) in [6.45, 7) is 2.82. The molecule has 0 bridgehead atoms. The largest absolute Gasteiger partial charge is 0.439 e. The molecule has 1 saturated carbocycles. The monoisotopic (exact) mass is 228 g/mol. The Morgan fingerprint density at radius 1 is 1.35 bits per heavy atom. The van der Waals surface area contributed by atoms with E-state index < -0.39 is 0 Å². The fourth-order valence-electron chi connectivity index (χ4n) is 1.88. The van der Waals surface area contributed by atoms with Crippen molar-refractivity contribution < 1.29 is 4.42 Å². The van der Waals surface area contributed by atoms with Crippen molar-refractivity contribution in [1.82, 2.24) is 10.3 Å². The average Bonchev–Trinajstić information content (AvgIpc) is 3.06. The van der Waals surface area contributed by atoms with E-state index in [1.54, 1.807) is 0 Å². The van der Waals surface area contributed by atoms with Gasteiger partial charge in [0.1, 0.15) is 0 Å². The van der Waals surface area contributed by atoms with Crippen molar-refractivity contribution in [3.8, 4) is 11.3 Å². The third-order valence-corrected chi connectivity index (χ3v) is 3.08. The molecule has 0 radical (unpaired) electrons. The molecular formula is C14H16N2O. The number of aryl methyl sites for hydroxylation is 1. The number of benzene rings is 1. The quantitative estimate of drug-likeness (QED) is 0.874. The lowest BCUT2D eigenvalue weighted by Crippen LogP contribution is -2.15. The first-order valence-corrected chi connectivity index (χ1v) is 6.07. The van der Waals surface area contributed by atoms with Gasteiger partial charge >= 0.3 is 0 Å². The maximum Gasteiger partial charge on any atom is 0.208 e. The van der Waals surface area contributed by atoms with Crippen molar-refractivity contribution in [3.05, 3.63) is 41.9 Å². The molecule has 1 heterocycles. The molecule has 3 nitrogen and oxygen atoms in total. The van der Waals surface area contributed by atoms with Crippen molar-refractivity contribution in [1.29, 1.82) is 0 Å². The van der Waals surface area contributed by atoms with E-state index >= 15 is 0 Å². The molecular weight excluding hydrogens is 212 g/mol. The van der Waals surface area contributed by atoms with E-state index in [-0.39, 0.29) is 0 Å². The second kappa shape index (κ2) is 4.34. The molecule has 1 N–H and O–H groups in total. The van der Waals surface area contributed by atoms with E-state index in [0.717, 1.165) is 23.8 Å². The maximum absolute atomic E-state index is 5.76. The lowest BCUT2D eigenvalue weighted by molar-refractivity contribution is 0.476. The normalized spacial score (nSPS) is 15.1. The van der Waals surface area contributed by atoms with Crippen LogP contribution in [0.2, 0.25) is 0 Å². The fourth-order valence-corrected chi connectivity index (χ4v) is 1.88. The van der Waals surface area contributed by atoms with Gasteiger partial charge in [-0.05, 0) is 25.3 Å². The van der Waals surface area contributed by atoms with Crippen LogP contribution < -0.4 is 5.32 Å². The van der Waals surface area contributed by atoms with Crippen LogP contribution in [-0.2, 0) is 6.54 Å². The van der Waals surface area contributed by atoms with Gasteiger partial charge in [-0.15, -0.1) is 0 Å². The Bertz CT molecular complexity index is 514. The second-order valence-electron chi connectivity index (χ2n) is 4.59. The highest BCUT2D eigenvalue weighted by atomic mass is 16.4. The van der Waals surface area contributed by atoms with Crippen LogP contribution in [0, 0.1) is 6.92 Å². The van der Waals surface area contributed by atoms with Crippen LogP contribution in [0.5, 0.6) is 0 Å². The van der Waals surface area contributed by atoms with Crippen LogP contribution in [0.3, 0.4) is 0 Å². The summed E-state index contributed by atoms with van der Waals surface area (Å²) in [6, 6.07) is 8.88. The van der Waals surface area contributed by atoms with E-state index in [4.69, 9.17) is 4.42 Å². The highest BCUT2D eigenvalue weighted by molar-refractivity contribution is 5.60. The summed E-state index contributed by atoms with van der Waals surface area (Å²) in [7, 11) is 0. The lowest BCUT2D eigenvalue weighted by atomic mass is 10.1. The predicted molar refractivity (Wildman–Crippen MR) is 66.5 cm³/mol. The Morgan fingerprint density at radius 3 is 2.94 bits per heavy atom. The molecule has 0 amide bonds. The van der Waals surface area contributed by atoms with Gasteiger partial charge in [0.2, 0.25) is 5.89 Å². The van der Waals surface area contributed by atoms with Gasteiger partial charge in [-0.1, -0.05) is 24.3 Å². The van der Waals surface area contributed by atoms with Crippen molar-refractivity contribution in [2.45, 2.75) is 32.4 Å². The van der Waals surface area contributed by atoms with Crippen LogP contribution >= 0.6 is 0 Å². The number of aromatic nitrogens is 1. The molecule has 1 aliphatic carbocycles. The van der Waals surface area contributed by atoms with Crippen LogP contribution in [0.1, 0.15) is 24.3 Å². The molecule has 0 unspecified atom stereocenters. The van der Waals surface area contributed by atoms with Crippen molar-refractivity contribution in [2.24, 2.45) is 0 Å². The summed E-state index contributed by atoms with van der Waals surface area (Å²) < 4.78 is 5.76. The first-order valence-electron chi connectivity index (χ1n) is 6.07. The number of hydrogen-bond acceptors (Lipinski definition) is 3. The van der Waals surface area contributed by atoms with Gasteiger partial charge in [0.05, 0.1) is 12.7 Å². The third kappa shape index (κ3) is 2.39. The first kappa shape index (κ1) is 10.5. The minimum atomic E-state index is 0.684. The van der Waals surface area contributed by atoms with Gasteiger partial charge in [-0.2, -0.15) is 0 Å². The molecule has 1 aromatic heterocycles. The molecule has 1 aromatic carbocycles. The SMILES string of the molecule is Cc1ccccc1-c1cnc(CNC2CC2)o1. The van der Waals surface area contributed by atoms with Crippen LogP contribution in [0.25, 0.3) is 11.3 Å². The summed E-state index contributed by atoms with van der Waals surface area (Å²) in [4.78, 5) is 4.30. The summed E-state index contributed by atoms with van der Waals surface area (Å²) in [5, 5.41) is 3.40. The van der Waals surface area contributed by atoms with Crippen LogP contribution in [-0.4, -0.2) is 11.0 Å². The smallest absolute Gasteiger partial charge is 0.208 e. The van der Waals surface area contributed by atoms with Crippen LogP contribution in [0.4, 0.5) is 0 Å². The van der Waals surface area contributed by atoms with Gasteiger partial charge in [0.25, 0.3) is 0 Å². The zero-order valence-electron chi connectivity index (χ0n) is 9.94. The fraction of sp³-hybridized carbons (Fsp3) is 0.357. The predicted octanol–water partition coefficient (Wildman–Crippen LogP) is 2.90. The van der Waals surface area contributed by atoms with Gasteiger partial charge in [-0.25, -0.2) is 4.98 Å². The number of hydrogen-bond donors (Lipinski definition) is 1. The second-order valence-corrected chi connectivity index (χ2v) is 4.59. The minimum absolute atomic E-state index is 0.684. The zero-order valence-corrected chi connectivity index (χ0v) is 9.94. The molecule has 0 atom stereocenters. The Balaban J connectivity index is 1.77. The van der Waals surface area contributed by atoms with Crippen molar-refractivity contribution in [3.63, 3.8) is 0 Å². The van der Waals surface area contributed by atoms with E-state index in [1.165, 1.54) is 18.4 Å². The Morgan fingerprint density at radius 2 is 2.18 bits per heavy atom. The average molecular weight is 228 g/mol. The van der Waals surface area contributed by atoms with Crippen molar-refractivity contribution in [2.75, 3.05) is 0 Å². The van der Waals surface area contributed by atoms with Gasteiger partial charge in [0.15, 0.2) is 5.76 Å². The standard InChI is InChI=1S/C14H16N2O/c1-10-4-2-3-5-12(10)13-8-16-14(17-13)9-15-11-6-7-11/h2-5,8,11,15H,6-7,9H2,1H3. The molecule has 2 aromatic rings. The van der Waals surface area contributed by atoms with E-state index in [1.807, 2.05) is 18.3 Å². The zero-order chi connectivity index (χ0) is 11.7. The molecule has 3 rings (SSSR count). The maximum atomic E-state index is 5.76. The molecule has 88 valence electrons. The van der Waals surface area contributed by atoms with Gasteiger partial charge < -0.3 is 9.73 Å². The summed E-state index contributed by atoms with van der Waals surface area (Å²) in [6.07, 6.45) is 4.38. The Kier molecular flexibility index (Phi) is 2.69. The molecule has 3 heteroatoms. The number of nitrogens with one attached hydrogen (secondary N) is 1. The molecule has 0 aliphatic heterocycles. The Labute approximate surface area is 101 Å². The highest BCUT2D eigenvalue weighted by Gasteiger charge is 2.21. The van der Waals surface area contributed by atoms with Gasteiger partial charge in [0, 0.05) is 11.6 Å². The Hall–Kier alpha value is -1.61. The summed E-state index contributed by atoms with van der Waals surface area (Å²) in [5.41, 5.74) is 2.34. The summed E-state index contributed by atoms with van der Waals surface area (Å²) >= 11 is 0. The molecule has 0 spiro atoms. The molecule has 0 saturated heterocycles. The van der Waals surface area contributed by atoms with Gasteiger partial charge in [-0.3, -0.25) is 0 Å². The third-order valence-electron chi connectivity index (χ3n) is 3.08. The van der Waals surface area contributed by atoms with E-state index in [2.05, 4.69) is 29.4 Å². The number of rotatable bonds is 4. The number of oxazole rings is 1. The molecule has 1 fully saturated rings. The van der Waals surface area contributed by atoms with Crippen molar-refractivity contribution >= 4 is 0 Å². The molecule has 1 aliphatic rings. The number of nitrogens with zero attached hydrogens (tertiary/aromatic N) is 1. The van der Waals surface area contributed by atoms with E-state index in [0.29, 0.717) is 6.04 Å². The summed E-state index contributed by atoms with van der Waals surface area (Å²) in [5.74, 6) is 1.63. The molecule has 17 heavy (non-hydrogen) atoms. The topological polar surface area (TPSA) is 38.1 Å².